The van der Waals surface area contributed by atoms with Gasteiger partial charge in [-0.2, -0.15) is 13.2 Å². The Labute approximate surface area is 249 Å². The van der Waals surface area contributed by atoms with E-state index >= 15 is 0 Å². The molecule has 0 aliphatic rings. The first-order chi connectivity index (χ1) is 17.1. The molecule has 5 aromatic rings. The molecular formula is C27H19EuF3N2O4. The van der Waals surface area contributed by atoms with Crippen molar-refractivity contribution >= 4 is 27.5 Å². The number of hydrogen-bond acceptors (Lipinski definition) is 6. The molecule has 0 aliphatic carbocycles. The van der Waals surface area contributed by atoms with Gasteiger partial charge in [0, 0.05) is 60.8 Å². The molecule has 0 bridgehead atoms. The van der Waals surface area contributed by atoms with E-state index in [1.54, 1.807) is 30.3 Å². The van der Waals surface area contributed by atoms with Gasteiger partial charge in [0.25, 0.3) is 5.78 Å². The molecule has 3 aromatic heterocycles. The third-order valence-corrected chi connectivity index (χ3v) is 5.29. The second-order valence-electron chi connectivity index (χ2n) is 7.93. The van der Waals surface area contributed by atoms with E-state index in [4.69, 9.17) is 4.42 Å². The van der Waals surface area contributed by atoms with Crippen LogP contribution in [0.3, 0.4) is 0 Å². The molecule has 0 atom stereocenters. The summed E-state index contributed by atoms with van der Waals surface area (Å²) in [6.45, 7) is 3.97. The molecular weight excluding hydrogens is 625 g/mol. The number of rotatable bonds is 2. The Hall–Kier alpha value is -2.95. The molecule has 6 nitrogen and oxygen atoms in total. The van der Waals surface area contributed by atoms with E-state index < -0.39 is 28.9 Å². The molecule has 2 aromatic carbocycles. The minimum atomic E-state index is -5.29. The Bertz CT molecular complexity index is 1620. The van der Waals surface area contributed by atoms with Crippen LogP contribution in [0.5, 0.6) is 5.75 Å². The predicted molar refractivity (Wildman–Crippen MR) is 129 cm³/mol. The summed E-state index contributed by atoms with van der Waals surface area (Å²) < 4.78 is 42.5. The number of carbonyl (C=O) groups is 1. The average molecular weight is 644 g/mol. The Kier molecular flexibility index (Phi) is 8.99. The Morgan fingerprint density at radius 1 is 0.838 bits per heavy atom. The molecule has 5 rings (SSSR count). The predicted octanol–water partition coefficient (Wildman–Crippen LogP) is 6.16. The molecule has 3 heterocycles. The monoisotopic (exact) mass is 645 g/mol. The molecule has 37 heavy (non-hydrogen) atoms. The number of hydrogen-bond donors (Lipinski definition) is 1. The smallest absolute Gasteiger partial charge is 0.455 e. The fourth-order valence-corrected chi connectivity index (χ4v) is 3.67. The number of aryl methyl sites for hydroxylation is 2. The van der Waals surface area contributed by atoms with Crippen LogP contribution in [0.4, 0.5) is 13.2 Å². The van der Waals surface area contributed by atoms with Crippen molar-refractivity contribution in [3.8, 4) is 17.1 Å². The van der Waals surface area contributed by atoms with Gasteiger partial charge in [0.1, 0.15) is 11.3 Å². The molecule has 0 unspecified atom stereocenters. The van der Waals surface area contributed by atoms with Gasteiger partial charge < -0.3 is 9.52 Å². The summed E-state index contributed by atoms with van der Waals surface area (Å²) in [5.41, 5.74) is 0.887. The molecule has 0 aliphatic heterocycles. The number of Topliss-reactive ketones (excluding diaryl/α,β-unsaturated/α-hetero) is 1. The van der Waals surface area contributed by atoms with Crippen molar-refractivity contribution in [3.63, 3.8) is 0 Å². The van der Waals surface area contributed by atoms with Gasteiger partial charge in [0.2, 0.25) is 0 Å². The standard InChI is InChI=1S/C15H7F3O4.C12H12N2.Eu/c16-15(17,18)13(20)11-12(19)10-8-4-2-1-3-7(8)5-6-9(10)22-14(11)21;1-9-5-3-7-11(13-9)12-8-4-6-10(2)14-12;/h1-6,19H;3-8H,1-2H3;. The Balaban J connectivity index is 0.000000220. The number of alkyl halides is 3. The van der Waals surface area contributed by atoms with Gasteiger partial charge in [-0.3, -0.25) is 14.8 Å². The van der Waals surface area contributed by atoms with E-state index in [1.165, 1.54) is 6.07 Å². The van der Waals surface area contributed by atoms with E-state index in [2.05, 4.69) is 9.97 Å². The number of benzene rings is 2. The van der Waals surface area contributed by atoms with Crippen LogP contribution in [-0.4, -0.2) is 27.0 Å². The van der Waals surface area contributed by atoms with Crippen LogP contribution in [-0.2, 0) is 0 Å². The van der Waals surface area contributed by atoms with Gasteiger partial charge in [-0.1, -0.05) is 42.5 Å². The molecule has 0 fully saturated rings. The Morgan fingerprint density at radius 3 is 1.95 bits per heavy atom. The molecule has 0 amide bonds. The van der Waals surface area contributed by atoms with E-state index in [9.17, 15) is 27.9 Å². The largest absolute Gasteiger partial charge is 0.506 e. The summed E-state index contributed by atoms with van der Waals surface area (Å²) in [5, 5.41) is 11.0. The topological polar surface area (TPSA) is 93.3 Å². The van der Waals surface area contributed by atoms with Crippen molar-refractivity contribution in [2.75, 3.05) is 0 Å². The first-order valence-electron chi connectivity index (χ1n) is 10.7. The number of nitrogens with zero attached hydrogens (tertiary/aromatic N) is 2. The fourth-order valence-electron chi connectivity index (χ4n) is 3.67. The summed E-state index contributed by atoms with van der Waals surface area (Å²) in [6, 6.07) is 21.4. The van der Waals surface area contributed by atoms with Crippen LogP contribution in [0.1, 0.15) is 21.7 Å². The Morgan fingerprint density at radius 2 is 1.41 bits per heavy atom. The van der Waals surface area contributed by atoms with Crippen molar-refractivity contribution in [1.82, 2.24) is 9.97 Å². The molecule has 10 heteroatoms. The molecule has 1 N–H and O–H groups in total. The van der Waals surface area contributed by atoms with Crippen LogP contribution >= 0.6 is 0 Å². The van der Waals surface area contributed by atoms with Crippen LogP contribution in [0, 0.1) is 63.2 Å². The third-order valence-electron chi connectivity index (χ3n) is 5.29. The van der Waals surface area contributed by atoms with Gasteiger partial charge in [-0.25, -0.2) is 4.79 Å². The second-order valence-corrected chi connectivity index (χ2v) is 7.93. The van der Waals surface area contributed by atoms with Gasteiger partial charge >= 0.3 is 11.8 Å². The van der Waals surface area contributed by atoms with Crippen LogP contribution < -0.4 is 5.63 Å². The maximum absolute atomic E-state index is 12.6. The third kappa shape index (κ3) is 6.31. The van der Waals surface area contributed by atoms with Crippen LogP contribution in [0.25, 0.3) is 33.1 Å². The number of fused-ring (bicyclic) bond motifs is 3. The quantitative estimate of drug-likeness (QED) is 0.141. The van der Waals surface area contributed by atoms with E-state index in [1.807, 2.05) is 50.2 Å². The van der Waals surface area contributed by atoms with Gasteiger partial charge in [0.15, 0.2) is 5.56 Å². The van der Waals surface area contributed by atoms with Crippen molar-refractivity contribution in [3.05, 3.63) is 100 Å². The van der Waals surface area contributed by atoms with Crippen molar-refractivity contribution in [2.24, 2.45) is 0 Å². The number of aromatic nitrogens is 2. The van der Waals surface area contributed by atoms with Gasteiger partial charge in [0.05, 0.1) is 16.8 Å². The van der Waals surface area contributed by atoms with Gasteiger partial charge in [-0.15, -0.1) is 0 Å². The zero-order chi connectivity index (χ0) is 26.0. The fraction of sp³-hybridized carbons (Fsp3) is 0.111. The number of ketones is 1. The first-order valence-corrected chi connectivity index (χ1v) is 10.7. The zero-order valence-corrected chi connectivity index (χ0v) is 21.9. The molecule has 0 saturated heterocycles. The minimum Gasteiger partial charge on any atom is -0.506 e. The van der Waals surface area contributed by atoms with Crippen molar-refractivity contribution in [1.29, 1.82) is 0 Å². The SMILES string of the molecule is Cc1cccc(-c2cccc(C)n2)n1.O=C(c1c(O)c2c(ccc3ccccc32)oc1=O)C(F)(F)F.[Eu]. The second kappa shape index (κ2) is 11.6. The number of pyridine rings is 2. The normalized spacial score (nSPS) is 10.9. The maximum atomic E-state index is 12.6. The summed E-state index contributed by atoms with van der Waals surface area (Å²) in [5.74, 6) is -3.46. The summed E-state index contributed by atoms with van der Waals surface area (Å²) in [7, 11) is 0. The van der Waals surface area contributed by atoms with Crippen molar-refractivity contribution in [2.45, 2.75) is 20.0 Å². The summed E-state index contributed by atoms with van der Waals surface area (Å²) in [4.78, 5) is 31.8. The first kappa shape index (κ1) is 28.6. The average Bonchev–Trinajstić information content (AvgIpc) is 2.83. The number of halogens is 3. The van der Waals surface area contributed by atoms with Crippen molar-refractivity contribution < 1.29 is 76.9 Å². The maximum Gasteiger partial charge on any atom is 0.455 e. The molecule has 189 valence electrons. The van der Waals surface area contributed by atoms with Crippen LogP contribution in [0.2, 0.25) is 0 Å². The number of carbonyl (C=O) groups excluding carboxylic acids is 1. The zero-order valence-electron chi connectivity index (χ0n) is 19.5. The summed E-state index contributed by atoms with van der Waals surface area (Å²) in [6.07, 6.45) is -5.29. The molecule has 0 spiro atoms. The molecule has 1 radical (unpaired) electrons. The van der Waals surface area contributed by atoms with E-state index in [0.29, 0.717) is 10.8 Å². The number of aromatic hydroxyl groups is 1. The van der Waals surface area contributed by atoms with E-state index in [-0.39, 0.29) is 60.3 Å². The summed E-state index contributed by atoms with van der Waals surface area (Å²) >= 11 is 0. The minimum absolute atomic E-state index is 0. The van der Waals surface area contributed by atoms with Crippen LogP contribution in [0.15, 0.2) is 82.0 Å². The van der Waals surface area contributed by atoms with E-state index in [0.717, 1.165) is 22.8 Å². The molecule has 0 saturated carbocycles. The van der Waals surface area contributed by atoms with Gasteiger partial charge in [-0.05, 0) is 55.0 Å².